The summed E-state index contributed by atoms with van der Waals surface area (Å²) in [4.78, 5) is 14.9. The number of carbonyl (C=O) groups excluding carboxylic acids is 1. The lowest BCUT2D eigenvalue weighted by molar-refractivity contribution is -0.113. The van der Waals surface area contributed by atoms with Gasteiger partial charge in [0.15, 0.2) is 15.8 Å². The van der Waals surface area contributed by atoms with E-state index >= 15 is 0 Å². The van der Waals surface area contributed by atoms with Crippen molar-refractivity contribution in [2.24, 2.45) is 0 Å². The van der Waals surface area contributed by atoms with E-state index in [2.05, 4.69) is 22.5 Å². The molecule has 0 aromatic heterocycles. The molecule has 0 N–H and O–H groups in total. The standard InChI is InChI=1S/C21H16BrCl2NO3S2/c1-3-7-28-19-16(24)8-12(9-17(19)27-4-2)10-18-20(26)25(21(29)30-18)13-5-6-14(22)15(23)11-13/h3,5-6,8-11H,1,4,7H2,2H3/b18-10+. The van der Waals surface area contributed by atoms with E-state index < -0.39 is 0 Å². The number of benzene rings is 2. The highest BCUT2D eigenvalue weighted by Gasteiger charge is 2.33. The molecule has 0 bridgehead atoms. The molecule has 2 aromatic carbocycles. The molecular weight excluding hydrogens is 529 g/mol. The van der Waals surface area contributed by atoms with Crippen molar-refractivity contribution in [1.82, 2.24) is 0 Å². The van der Waals surface area contributed by atoms with Gasteiger partial charge in [0.1, 0.15) is 6.61 Å². The molecule has 0 atom stereocenters. The molecule has 0 radical (unpaired) electrons. The molecule has 1 aliphatic heterocycles. The number of thioether (sulfide) groups is 1. The van der Waals surface area contributed by atoms with Crippen LogP contribution in [0.15, 0.2) is 52.4 Å². The second-order valence-electron chi connectivity index (χ2n) is 5.98. The SMILES string of the molecule is C=CCOc1c(Cl)cc(/C=C2/SC(=S)N(c3ccc(Br)c(Cl)c3)C2=O)cc1OCC. The van der Waals surface area contributed by atoms with Gasteiger partial charge in [0, 0.05) is 4.47 Å². The first-order valence-electron chi connectivity index (χ1n) is 8.78. The smallest absolute Gasteiger partial charge is 0.270 e. The predicted molar refractivity (Wildman–Crippen MR) is 133 cm³/mol. The minimum atomic E-state index is -0.232. The summed E-state index contributed by atoms with van der Waals surface area (Å²) in [7, 11) is 0. The first kappa shape index (κ1) is 23.2. The van der Waals surface area contributed by atoms with Crippen molar-refractivity contribution >= 4 is 85.1 Å². The van der Waals surface area contributed by atoms with Crippen molar-refractivity contribution in [3.05, 3.63) is 68.0 Å². The third-order valence-corrected chi connectivity index (χ3v) is 6.75. The molecule has 0 aliphatic carbocycles. The maximum absolute atomic E-state index is 13.0. The molecule has 1 fully saturated rings. The molecule has 0 saturated carbocycles. The van der Waals surface area contributed by atoms with Crippen molar-refractivity contribution in [3.8, 4) is 11.5 Å². The van der Waals surface area contributed by atoms with Crippen molar-refractivity contribution in [2.45, 2.75) is 6.92 Å². The molecular formula is C21H16BrCl2NO3S2. The lowest BCUT2D eigenvalue weighted by atomic mass is 10.1. The summed E-state index contributed by atoms with van der Waals surface area (Å²) < 4.78 is 12.4. The van der Waals surface area contributed by atoms with Gasteiger partial charge in [-0.05, 0) is 64.8 Å². The first-order chi connectivity index (χ1) is 14.3. The quantitative estimate of drug-likeness (QED) is 0.211. The minimum absolute atomic E-state index is 0.232. The second-order valence-corrected chi connectivity index (χ2v) is 9.32. The molecule has 0 unspecified atom stereocenters. The first-order valence-corrected chi connectivity index (χ1v) is 11.6. The summed E-state index contributed by atoms with van der Waals surface area (Å²) in [6.07, 6.45) is 3.35. The van der Waals surface area contributed by atoms with Gasteiger partial charge >= 0.3 is 0 Å². The zero-order valence-electron chi connectivity index (χ0n) is 15.8. The highest BCUT2D eigenvalue weighted by molar-refractivity contribution is 9.10. The van der Waals surface area contributed by atoms with Gasteiger partial charge in [-0.15, -0.1) is 0 Å². The molecule has 3 rings (SSSR count). The molecule has 156 valence electrons. The fraction of sp³-hybridized carbons (Fsp3) is 0.143. The number of carbonyl (C=O) groups is 1. The average Bonchev–Trinajstić information content (AvgIpc) is 2.97. The van der Waals surface area contributed by atoms with E-state index in [0.29, 0.717) is 55.2 Å². The van der Waals surface area contributed by atoms with Crippen LogP contribution in [0, 0.1) is 0 Å². The van der Waals surface area contributed by atoms with Crippen LogP contribution in [0.3, 0.4) is 0 Å². The largest absolute Gasteiger partial charge is 0.490 e. The average molecular weight is 545 g/mol. The number of amides is 1. The number of anilines is 1. The number of ether oxygens (including phenoxy) is 2. The maximum atomic E-state index is 13.0. The molecule has 1 saturated heterocycles. The lowest BCUT2D eigenvalue weighted by Crippen LogP contribution is -2.27. The molecule has 1 heterocycles. The van der Waals surface area contributed by atoms with Gasteiger partial charge in [0.05, 0.1) is 27.2 Å². The molecule has 30 heavy (non-hydrogen) atoms. The molecule has 4 nitrogen and oxygen atoms in total. The van der Waals surface area contributed by atoms with Crippen molar-refractivity contribution in [2.75, 3.05) is 18.1 Å². The molecule has 9 heteroatoms. The van der Waals surface area contributed by atoms with Crippen molar-refractivity contribution in [3.63, 3.8) is 0 Å². The molecule has 2 aromatic rings. The Bertz CT molecular complexity index is 1060. The van der Waals surface area contributed by atoms with E-state index in [0.717, 1.165) is 4.47 Å². The van der Waals surface area contributed by atoms with E-state index in [4.69, 9.17) is 44.9 Å². The van der Waals surface area contributed by atoms with E-state index in [1.807, 2.05) is 6.92 Å². The summed E-state index contributed by atoms with van der Waals surface area (Å²) in [6, 6.07) is 8.73. The summed E-state index contributed by atoms with van der Waals surface area (Å²) >= 11 is 22.6. The van der Waals surface area contributed by atoms with Gasteiger partial charge in [-0.3, -0.25) is 9.69 Å². The Labute approximate surface area is 202 Å². The summed E-state index contributed by atoms with van der Waals surface area (Å²) in [6.45, 7) is 6.25. The second kappa shape index (κ2) is 10.2. The van der Waals surface area contributed by atoms with Gasteiger partial charge in [-0.2, -0.15) is 0 Å². The number of halogens is 3. The van der Waals surface area contributed by atoms with Gasteiger partial charge in [-0.1, -0.05) is 59.8 Å². The lowest BCUT2D eigenvalue weighted by Gasteiger charge is -2.15. The predicted octanol–water partition coefficient (Wildman–Crippen LogP) is 7.13. The Hall–Kier alpha value is -1.51. The number of nitrogens with zero attached hydrogens (tertiary/aromatic N) is 1. The Morgan fingerprint density at radius 3 is 2.67 bits per heavy atom. The van der Waals surface area contributed by atoms with Crippen LogP contribution in [0.4, 0.5) is 5.69 Å². The van der Waals surface area contributed by atoms with Crippen LogP contribution in [0.2, 0.25) is 10.0 Å². The number of hydrogen-bond donors (Lipinski definition) is 0. The van der Waals surface area contributed by atoms with Gasteiger partial charge in [-0.25, -0.2) is 0 Å². The van der Waals surface area contributed by atoms with Gasteiger partial charge in [0.2, 0.25) is 0 Å². The Morgan fingerprint density at radius 2 is 2.00 bits per heavy atom. The van der Waals surface area contributed by atoms with Gasteiger partial charge < -0.3 is 9.47 Å². The van der Waals surface area contributed by atoms with Crippen molar-refractivity contribution < 1.29 is 14.3 Å². The van der Waals surface area contributed by atoms with Crippen LogP contribution in [-0.2, 0) is 4.79 Å². The number of thiocarbonyl (C=S) groups is 1. The van der Waals surface area contributed by atoms with Crippen LogP contribution in [0.25, 0.3) is 6.08 Å². The van der Waals surface area contributed by atoms with Crippen LogP contribution in [0.5, 0.6) is 11.5 Å². The number of rotatable bonds is 7. The molecule has 1 aliphatic rings. The highest BCUT2D eigenvalue weighted by Crippen LogP contribution is 2.41. The van der Waals surface area contributed by atoms with Crippen LogP contribution < -0.4 is 14.4 Å². The number of hydrogen-bond acceptors (Lipinski definition) is 5. The topological polar surface area (TPSA) is 38.8 Å². The van der Waals surface area contributed by atoms with Crippen LogP contribution >= 0.6 is 63.1 Å². The fourth-order valence-corrected chi connectivity index (χ4v) is 4.68. The van der Waals surface area contributed by atoms with Crippen LogP contribution in [0.1, 0.15) is 12.5 Å². The summed E-state index contributed by atoms with van der Waals surface area (Å²) in [5.74, 6) is 0.699. The fourth-order valence-electron chi connectivity index (χ4n) is 2.68. The monoisotopic (exact) mass is 543 g/mol. The Morgan fingerprint density at radius 1 is 1.23 bits per heavy atom. The van der Waals surface area contributed by atoms with E-state index in [-0.39, 0.29) is 5.91 Å². The van der Waals surface area contributed by atoms with E-state index in [9.17, 15) is 4.79 Å². The third kappa shape index (κ3) is 5.03. The van der Waals surface area contributed by atoms with E-state index in [1.54, 1.807) is 42.5 Å². The van der Waals surface area contributed by atoms with Crippen molar-refractivity contribution in [1.29, 1.82) is 0 Å². The zero-order valence-corrected chi connectivity index (χ0v) is 20.5. The van der Waals surface area contributed by atoms with Crippen LogP contribution in [-0.4, -0.2) is 23.4 Å². The summed E-state index contributed by atoms with van der Waals surface area (Å²) in [5, 5.41) is 0.873. The maximum Gasteiger partial charge on any atom is 0.270 e. The minimum Gasteiger partial charge on any atom is -0.490 e. The summed E-state index contributed by atoms with van der Waals surface area (Å²) in [5.41, 5.74) is 1.30. The molecule has 1 amide bonds. The zero-order chi connectivity index (χ0) is 21.8. The molecule has 0 spiro atoms. The Balaban J connectivity index is 1.94. The highest BCUT2D eigenvalue weighted by atomic mass is 79.9. The third-order valence-electron chi connectivity index (χ3n) is 3.93. The normalized spacial score (nSPS) is 15.1. The van der Waals surface area contributed by atoms with Gasteiger partial charge in [0.25, 0.3) is 5.91 Å². The van der Waals surface area contributed by atoms with E-state index in [1.165, 1.54) is 16.7 Å². The Kier molecular flexibility index (Phi) is 7.87.